The minimum absolute atomic E-state index is 0.0139. The highest BCUT2D eigenvalue weighted by Crippen LogP contribution is 2.54. The van der Waals surface area contributed by atoms with Gasteiger partial charge in [-0.2, -0.15) is 0 Å². The van der Waals surface area contributed by atoms with Crippen LogP contribution in [0.2, 0.25) is 5.02 Å². The maximum absolute atomic E-state index is 13.8. The van der Waals surface area contributed by atoms with E-state index in [1.807, 2.05) is 6.92 Å². The normalized spacial score (nSPS) is 26.8. The van der Waals surface area contributed by atoms with Gasteiger partial charge in [0.05, 0.1) is 25.5 Å². The molecule has 0 saturated carbocycles. The van der Waals surface area contributed by atoms with Gasteiger partial charge in [0.25, 0.3) is 0 Å². The van der Waals surface area contributed by atoms with Crippen LogP contribution in [0.1, 0.15) is 29.5 Å². The maximum atomic E-state index is 13.8. The summed E-state index contributed by atoms with van der Waals surface area (Å²) in [6.07, 6.45) is 0.232. The lowest BCUT2D eigenvalue weighted by molar-refractivity contribution is -0.143. The number of nitrogens with zero attached hydrogens (tertiary/aromatic N) is 1. The topological polar surface area (TPSA) is 131 Å². The van der Waals surface area contributed by atoms with Gasteiger partial charge in [-0.05, 0) is 48.7 Å². The zero-order valence-corrected chi connectivity index (χ0v) is 20.0. The number of hydrogen-bond acceptors (Lipinski definition) is 6. The Morgan fingerprint density at radius 2 is 1.89 bits per heavy atom. The molecule has 2 aromatic rings. The van der Waals surface area contributed by atoms with Crippen molar-refractivity contribution in [3.05, 3.63) is 58.1 Å². The van der Waals surface area contributed by atoms with E-state index in [1.165, 1.54) is 4.90 Å². The number of carbonyl (C=O) groups excluding carboxylic acids is 4. The lowest BCUT2D eigenvalue weighted by Crippen LogP contribution is -2.53. The number of primary amides is 1. The summed E-state index contributed by atoms with van der Waals surface area (Å²) in [4.78, 5) is 53.7. The van der Waals surface area contributed by atoms with Gasteiger partial charge in [-0.3, -0.25) is 29.4 Å². The number of fused-ring (bicyclic) bond motifs is 4. The van der Waals surface area contributed by atoms with Crippen LogP contribution in [0.15, 0.2) is 36.4 Å². The number of aryl methyl sites for hydroxylation is 1. The van der Waals surface area contributed by atoms with E-state index in [0.717, 1.165) is 11.1 Å². The van der Waals surface area contributed by atoms with Gasteiger partial charge in [0.2, 0.25) is 23.6 Å². The quantitative estimate of drug-likeness (QED) is 0.523. The zero-order chi connectivity index (χ0) is 25.1. The smallest absolute Gasteiger partial charge is 0.250 e. The molecular formula is C25H25ClN4O5. The van der Waals surface area contributed by atoms with Crippen LogP contribution >= 0.6 is 11.6 Å². The molecule has 9 nitrogen and oxygen atoms in total. The molecule has 0 unspecified atom stereocenters. The number of hydrogen-bond donors (Lipinski definition) is 3. The first kappa shape index (κ1) is 23.3. The fourth-order valence-corrected chi connectivity index (χ4v) is 5.98. The number of nitrogens with one attached hydrogen (secondary N) is 2. The van der Waals surface area contributed by atoms with Crippen molar-refractivity contribution in [1.82, 2.24) is 10.2 Å². The van der Waals surface area contributed by atoms with Crippen molar-refractivity contribution >= 4 is 40.9 Å². The van der Waals surface area contributed by atoms with Gasteiger partial charge < -0.3 is 15.8 Å². The molecule has 4 atom stereocenters. The molecule has 10 heteroatoms. The van der Waals surface area contributed by atoms with Crippen molar-refractivity contribution in [1.29, 1.82) is 0 Å². The Labute approximate surface area is 206 Å². The zero-order valence-electron chi connectivity index (χ0n) is 19.3. The lowest BCUT2D eigenvalue weighted by Gasteiger charge is -2.29. The molecule has 3 aliphatic rings. The summed E-state index contributed by atoms with van der Waals surface area (Å²) in [6.45, 7) is 1.88. The highest BCUT2D eigenvalue weighted by Gasteiger charge is 2.70. The van der Waals surface area contributed by atoms with E-state index in [9.17, 15) is 19.2 Å². The number of benzene rings is 2. The molecule has 3 aliphatic heterocycles. The molecule has 0 aromatic heterocycles. The maximum Gasteiger partial charge on any atom is 0.250 e. The number of amides is 4. The minimum atomic E-state index is -1.47. The molecule has 0 aliphatic carbocycles. The number of nitrogens with two attached hydrogens (primary N) is 1. The number of carbonyl (C=O) groups is 4. The second kappa shape index (κ2) is 8.35. The summed E-state index contributed by atoms with van der Waals surface area (Å²) in [5.74, 6) is -2.90. The summed E-state index contributed by atoms with van der Waals surface area (Å²) in [5.41, 5.74) is 6.52. The third-order valence-electron chi connectivity index (χ3n) is 7.28. The number of methoxy groups -OCH3 is 1. The largest absolute Gasteiger partial charge is 0.497 e. The summed E-state index contributed by atoms with van der Waals surface area (Å²) in [5, 5.41) is 6.59. The number of ether oxygens (including phenoxy) is 1. The van der Waals surface area contributed by atoms with Crippen LogP contribution in [-0.4, -0.2) is 41.7 Å². The Hall–Kier alpha value is -3.43. The standard InChI is InChI=1S/C25H25ClN4O5/c1-12-9-14(26)10-16-21(12)28-24(34)25(16)20-19(17(29-25)7-8-18(27)31)22(32)30(23(20)33)11-13-3-5-15(35-2)6-4-13/h3-6,9-10,17,19-20,29H,7-8,11H2,1-2H3,(H2,27,31)(H,28,34)/t17-,19-,20-,25-/m1/s1. The third kappa shape index (κ3) is 3.49. The summed E-state index contributed by atoms with van der Waals surface area (Å²) in [7, 11) is 1.56. The van der Waals surface area contributed by atoms with Gasteiger partial charge >= 0.3 is 0 Å². The fraction of sp³-hybridized carbons (Fsp3) is 0.360. The van der Waals surface area contributed by atoms with Crippen LogP contribution < -0.4 is 21.1 Å². The van der Waals surface area contributed by atoms with Crippen molar-refractivity contribution in [2.45, 2.75) is 37.9 Å². The van der Waals surface area contributed by atoms with E-state index in [4.69, 9.17) is 22.1 Å². The number of imide groups is 1. The molecule has 0 bridgehead atoms. The van der Waals surface area contributed by atoms with E-state index in [0.29, 0.717) is 22.0 Å². The van der Waals surface area contributed by atoms with E-state index in [-0.39, 0.29) is 25.3 Å². The second-order valence-electron chi connectivity index (χ2n) is 9.28. The summed E-state index contributed by atoms with van der Waals surface area (Å²) < 4.78 is 5.18. The Morgan fingerprint density at radius 3 is 2.54 bits per heavy atom. The molecule has 2 saturated heterocycles. The average molecular weight is 497 g/mol. The molecule has 3 heterocycles. The predicted octanol–water partition coefficient (Wildman–Crippen LogP) is 1.84. The van der Waals surface area contributed by atoms with Gasteiger partial charge in [-0.1, -0.05) is 23.7 Å². The van der Waals surface area contributed by atoms with Gasteiger partial charge in [0.1, 0.15) is 11.3 Å². The Balaban J connectivity index is 1.58. The number of likely N-dealkylation sites (tertiary alicyclic amines) is 1. The first-order valence-electron chi connectivity index (χ1n) is 11.3. The van der Waals surface area contributed by atoms with Crippen molar-refractivity contribution < 1.29 is 23.9 Å². The minimum Gasteiger partial charge on any atom is -0.497 e. The van der Waals surface area contributed by atoms with Crippen LogP contribution in [0.4, 0.5) is 5.69 Å². The van der Waals surface area contributed by atoms with Crippen molar-refractivity contribution in [3.63, 3.8) is 0 Å². The Kier molecular flexibility index (Phi) is 5.56. The molecule has 5 rings (SSSR count). The molecule has 4 amide bonds. The van der Waals surface area contributed by atoms with Crippen LogP contribution in [0, 0.1) is 18.8 Å². The first-order chi connectivity index (χ1) is 16.7. The second-order valence-corrected chi connectivity index (χ2v) is 9.71. The SMILES string of the molecule is COc1ccc(CN2C(=O)[C@@H]3[C@@H](CCC(N)=O)N[C@@]4(C(=O)Nc5c(C)cc(Cl)cc54)[C@H]3C2=O)cc1. The number of rotatable bonds is 6. The lowest BCUT2D eigenvalue weighted by atomic mass is 9.76. The predicted molar refractivity (Wildman–Crippen MR) is 127 cm³/mol. The third-order valence-corrected chi connectivity index (χ3v) is 7.50. The highest BCUT2D eigenvalue weighted by atomic mass is 35.5. The average Bonchev–Trinajstić information content (AvgIpc) is 3.39. The first-order valence-corrected chi connectivity index (χ1v) is 11.7. The van der Waals surface area contributed by atoms with Gasteiger partial charge in [0.15, 0.2) is 0 Å². The van der Waals surface area contributed by atoms with E-state index in [1.54, 1.807) is 43.5 Å². The van der Waals surface area contributed by atoms with Crippen molar-refractivity contribution in [2.75, 3.05) is 12.4 Å². The van der Waals surface area contributed by atoms with E-state index >= 15 is 0 Å². The van der Waals surface area contributed by atoms with Gasteiger partial charge in [-0.15, -0.1) is 0 Å². The van der Waals surface area contributed by atoms with Gasteiger partial charge in [0, 0.05) is 28.7 Å². The molecule has 1 spiro atoms. The molecule has 182 valence electrons. The number of halogens is 1. The Morgan fingerprint density at radius 1 is 1.17 bits per heavy atom. The molecule has 35 heavy (non-hydrogen) atoms. The molecule has 0 radical (unpaired) electrons. The van der Waals surface area contributed by atoms with Crippen molar-refractivity contribution in [2.24, 2.45) is 17.6 Å². The molecule has 2 fully saturated rings. The molecular weight excluding hydrogens is 472 g/mol. The van der Waals surface area contributed by atoms with E-state index in [2.05, 4.69) is 10.6 Å². The van der Waals surface area contributed by atoms with Crippen LogP contribution in [0.5, 0.6) is 5.75 Å². The molecule has 4 N–H and O–H groups in total. The fourth-order valence-electron chi connectivity index (χ4n) is 5.71. The van der Waals surface area contributed by atoms with E-state index < -0.39 is 41.1 Å². The monoisotopic (exact) mass is 496 g/mol. The Bertz CT molecular complexity index is 1260. The summed E-state index contributed by atoms with van der Waals surface area (Å²) in [6, 6.07) is 9.87. The number of anilines is 1. The van der Waals surface area contributed by atoms with Crippen LogP contribution in [0.25, 0.3) is 0 Å². The highest BCUT2D eigenvalue weighted by molar-refractivity contribution is 6.31. The van der Waals surface area contributed by atoms with Crippen LogP contribution in [0.3, 0.4) is 0 Å². The van der Waals surface area contributed by atoms with Crippen molar-refractivity contribution in [3.8, 4) is 5.75 Å². The molecule has 2 aromatic carbocycles. The summed E-state index contributed by atoms with van der Waals surface area (Å²) >= 11 is 6.35. The van der Waals surface area contributed by atoms with Gasteiger partial charge in [-0.25, -0.2) is 0 Å². The van der Waals surface area contributed by atoms with Crippen LogP contribution in [-0.2, 0) is 31.3 Å².